The quantitative estimate of drug-likeness (QED) is 0.575. The van der Waals surface area contributed by atoms with Crippen molar-refractivity contribution in [3.63, 3.8) is 0 Å². The molecule has 1 aromatic heterocycles. The van der Waals surface area contributed by atoms with Gasteiger partial charge in [-0.1, -0.05) is 0 Å². The number of ether oxygens (including phenoxy) is 2. The molecular formula is C23H32N6O3. The minimum Gasteiger partial charge on any atom is -0.493 e. The zero-order valence-electron chi connectivity index (χ0n) is 18.7. The maximum Gasteiger partial charge on any atom is 0.239 e. The number of nitrogens with one attached hydrogen (secondary N) is 2. The van der Waals surface area contributed by atoms with Crippen LogP contribution in [0.25, 0.3) is 0 Å². The van der Waals surface area contributed by atoms with Gasteiger partial charge in [0.2, 0.25) is 11.9 Å². The van der Waals surface area contributed by atoms with Gasteiger partial charge in [-0.15, -0.1) is 0 Å². The van der Waals surface area contributed by atoms with Gasteiger partial charge in [-0.2, -0.15) is 4.98 Å². The van der Waals surface area contributed by atoms with Crippen LogP contribution in [0.1, 0.15) is 25.7 Å². The molecule has 3 heterocycles. The van der Waals surface area contributed by atoms with Crippen LogP contribution in [0.5, 0.6) is 11.5 Å². The van der Waals surface area contributed by atoms with Crippen molar-refractivity contribution < 1.29 is 14.3 Å². The first kappa shape index (κ1) is 22.1. The Balaban J connectivity index is 1.39. The molecule has 0 saturated carbocycles. The van der Waals surface area contributed by atoms with Gasteiger partial charge in [-0.25, -0.2) is 4.98 Å². The van der Waals surface area contributed by atoms with E-state index in [4.69, 9.17) is 9.47 Å². The Hall–Kier alpha value is -3.07. The lowest BCUT2D eigenvalue weighted by Gasteiger charge is -2.20. The molecule has 0 unspecified atom stereocenters. The Morgan fingerprint density at radius 1 is 1.12 bits per heavy atom. The molecule has 0 radical (unpaired) electrons. The minimum atomic E-state index is 0.0114. The normalized spacial score (nSPS) is 17.0. The molecule has 2 aliphatic heterocycles. The highest BCUT2D eigenvalue weighted by atomic mass is 16.5. The summed E-state index contributed by atoms with van der Waals surface area (Å²) < 4.78 is 11.5. The highest BCUT2D eigenvalue weighted by Crippen LogP contribution is 2.31. The monoisotopic (exact) mass is 440 g/mol. The fourth-order valence-electron chi connectivity index (χ4n) is 4.06. The number of methoxy groups -OCH3 is 1. The Labute approximate surface area is 189 Å². The predicted molar refractivity (Wildman–Crippen MR) is 124 cm³/mol. The van der Waals surface area contributed by atoms with Crippen LogP contribution in [-0.2, 0) is 4.79 Å². The van der Waals surface area contributed by atoms with E-state index in [0.717, 1.165) is 37.4 Å². The van der Waals surface area contributed by atoms with E-state index in [1.165, 1.54) is 25.9 Å². The average molecular weight is 441 g/mol. The molecule has 2 N–H and O–H groups in total. The Morgan fingerprint density at radius 2 is 2.00 bits per heavy atom. The van der Waals surface area contributed by atoms with E-state index < -0.39 is 0 Å². The molecule has 2 aromatic rings. The maximum atomic E-state index is 11.9. The molecule has 4 rings (SSSR count). The van der Waals surface area contributed by atoms with Crippen LogP contribution in [0.4, 0.5) is 17.5 Å². The van der Waals surface area contributed by atoms with Crippen LogP contribution in [0.3, 0.4) is 0 Å². The van der Waals surface area contributed by atoms with Crippen LogP contribution < -0.4 is 25.0 Å². The SMILES string of the molecule is COc1ccc(Nc2nccc(N3CCCNC(=O)C3)n2)cc1OCCCN1CCCC1. The number of anilines is 3. The third kappa shape index (κ3) is 6.00. The fourth-order valence-corrected chi connectivity index (χ4v) is 4.06. The molecule has 1 aromatic carbocycles. The Bertz CT molecular complexity index is 903. The summed E-state index contributed by atoms with van der Waals surface area (Å²) in [7, 11) is 1.64. The smallest absolute Gasteiger partial charge is 0.239 e. The zero-order valence-corrected chi connectivity index (χ0v) is 18.7. The summed E-state index contributed by atoms with van der Waals surface area (Å²) in [4.78, 5) is 25.3. The molecule has 9 nitrogen and oxygen atoms in total. The summed E-state index contributed by atoms with van der Waals surface area (Å²) in [6.45, 7) is 5.86. The summed E-state index contributed by atoms with van der Waals surface area (Å²) in [6, 6.07) is 7.52. The lowest BCUT2D eigenvalue weighted by molar-refractivity contribution is -0.119. The fraction of sp³-hybridized carbons (Fsp3) is 0.522. The maximum absolute atomic E-state index is 11.9. The average Bonchev–Trinajstić information content (AvgIpc) is 3.23. The highest BCUT2D eigenvalue weighted by molar-refractivity contribution is 5.81. The lowest BCUT2D eigenvalue weighted by atomic mass is 10.2. The molecule has 2 fully saturated rings. The second-order valence-corrected chi connectivity index (χ2v) is 8.10. The van der Waals surface area contributed by atoms with Crippen molar-refractivity contribution in [3.8, 4) is 11.5 Å². The molecule has 0 bridgehead atoms. The third-order valence-corrected chi connectivity index (χ3v) is 5.72. The molecule has 0 spiro atoms. The van der Waals surface area contributed by atoms with Crippen LogP contribution in [-0.4, -0.2) is 73.8 Å². The highest BCUT2D eigenvalue weighted by Gasteiger charge is 2.17. The largest absolute Gasteiger partial charge is 0.493 e. The lowest BCUT2D eigenvalue weighted by Crippen LogP contribution is -2.33. The molecule has 1 amide bonds. The second kappa shape index (κ2) is 11.0. The van der Waals surface area contributed by atoms with E-state index in [1.54, 1.807) is 13.3 Å². The van der Waals surface area contributed by atoms with Crippen molar-refractivity contribution >= 4 is 23.4 Å². The number of amides is 1. The van der Waals surface area contributed by atoms with Gasteiger partial charge in [0.1, 0.15) is 5.82 Å². The second-order valence-electron chi connectivity index (χ2n) is 8.10. The van der Waals surface area contributed by atoms with E-state index in [1.807, 2.05) is 29.2 Å². The Morgan fingerprint density at radius 3 is 2.84 bits per heavy atom. The molecule has 172 valence electrons. The number of carbonyl (C=O) groups is 1. The summed E-state index contributed by atoms with van der Waals surface area (Å²) in [5.74, 6) is 2.60. The van der Waals surface area contributed by atoms with Crippen LogP contribution in [0, 0.1) is 0 Å². The number of benzene rings is 1. The first-order chi connectivity index (χ1) is 15.7. The number of hydrogen-bond donors (Lipinski definition) is 2. The van der Waals surface area contributed by atoms with Gasteiger partial charge in [-0.3, -0.25) is 4.79 Å². The van der Waals surface area contributed by atoms with Gasteiger partial charge in [0.05, 0.1) is 20.3 Å². The van der Waals surface area contributed by atoms with Gasteiger partial charge in [0.25, 0.3) is 0 Å². The van der Waals surface area contributed by atoms with Crippen LogP contribution in [0.15, 0.2) is 30.5 Å². The Kier molecular flexibility index (Phi) is 7.60. The summed E-state index contributed by atoms with van der Waals surface area (Å²) in [5, 5.41) is 6.13. The van der Waals surface area contributed by atoms with Gasteiger partial charge in [-0.05, 0) is 57.0 Å². The van der Waals surface area contributed by atoms with Crippen molar-refractivity contribution in [2.24, 2.45) is 0 Å². The van der Waals surface area contributed by atoms with Crippen molar-refractivity contribution in [3.05, 3.63) is 30.5 Å². The molecule has 32 heavy (non-hydrogen) atoms. The van der Waals surface area contributed by atoms with Crippen molar-refractivity contribution in [1.82, 2.24) is 20.2 Å². The number of hydrogen-bond acceptors (Lipinski definition) is 8. The van der Waals surface area contributed by atoms with Crippen molar-refractivity contribution in [1.29, 1.82) is 0 Å². The van der Waals surface area contributed by atoms with E-state index in [2.05, 4.69) is 25.5 Å². The molecule has 2 saturated heterocycles. The number of aromatic nitrogens is 2. The number of carbonyl (C=O) groups excluding carboxylic acids is 1. The van der Waals surface area contributed by atoms with E-state index in [-0.39, 0.29) is 5.91 Å². The summed E-state index contributed by atoms with van der Waals surface area (Å²) in [5.41, 5.74) is 0.811. The number of rotatable bonds is 9. The summed E-state index contributed by atoms with van der Waals surface area (Å²) >= 11 is 0. The number of likely N-dealkylation sites (tertiary alicyclic amines) is 1. The first-order valence-electron chi connectivity index (χ1n) is 11.4. The molecule has 0 atom stereocenters. The van der Waals surface area contributed by atoms with Gasteiger partial charge in [0.15, 0.2) is 11.5 Å². The third-order valence-electron chi connectivity index (χ3n) is 5.72. The molecule has 9 heteroatoms. The van der Waals surface area contributed by atoms with Gasteiger partial charge >= 0.3 is 0 Å². The molecule has 0 aliphatic carbocycles. The van der Waals surface area contributed by atoms with Crippen molar-refractivity contribution in [2.75, 3.05) is 63.2 Å². The van der Waals surface area contributed by atoms with E-state index >= 15 is 0 Å². The molecular weight excluding hydrogens is 408 g/mol. The minimum absolute atomic E-state index is 0.0114. The van der Waals surface area contributed by atoms with Crippen LogP contribution in [0.2, 0.25) is 0 Å². The van der Waals surface area contributed by atoms with Gasteiger partial charge in [0, 0.05) is 37.6 Å². The first-order valence-corrected chi connectivity index (χ1v) is 11.4. The topological polar surface area (TPSA) is 91.9 Å². The number of nitrogens with zero attached hydrogens (tertiary/aromatic N) is 4. The predicted octanol–water partition coefficient (Wildman–Crippen LogP) is 2.42. The zero-order chi connectivity index (χ0) is 22.2. The summed E-state index contributed by atoms with van der Waals surface area (Å²) in [6.07, 6.45) is 6.17. The van der Waals surface area contributed by atoms with Gasteiger partial charge < -0.3 is 29.9 Å². The molecule has 2 aliphatic rings. The standard InChI is InChI=1S/C23H32N6O3/c1-31-19-7-6-18(16-20(19)32-15-5-13-28-11-2-3-12-28)26-23-25-10-8-21(27-23)29-14-4-9-24-22(30)17-29/h6-8,10,16H,2-5,9,11-15,17H2,1H3,(H,24,30)(H,25,26,27). The van der Waals surface area contributed by atoms with E-state index in [9.17, 15) is 4.79 Å². The van der Waals surface area contributed by atoms with E-state index in [0.29, 0.717) is 37.1 Å². The van der Waals surface area contributed by atoms with Crippen molar-refractivity contribution in [2.45, 2.75) is 25.7 Å². The van der Waals surface area contributed by atoms with Crippen LogP contribution >= 0.6 is 0 Å².